The number of fused-ring (bicyclic) bond motifs is 1. The van der Waals surface area contributed by atoms with Crippen molar-refractivity contribution in [2.24, 2.45) is 23.5 Å². The Kier molecular flexibility index (Phi) is 3.61. The van der Waals surface area contributed by atoms with Crippen LogP contribution in [0.25, 0.3) is 0 Å². The highest BCUT2D eigenvalue weighted by Gasteiger charge is 2.53. The molecule has 2 N–H and O–H groups in total. The van der Waals surface area contributed by atoms with Gasteiger partial charge in [0.05, 0.1) is 16.4 Å². The first kappa shape index (κ1) is 13.4. The van der Waals surface area contributed by atoms with Crippen molar-refractivity contribution in [2.75, 3.05) is 0 Å². The lowest BCUT2D eigenvalue weighted by Crippen LogP contribution is -2.28. The van der Waals surface area contributed by atoms with E-state index in [0.29, 0.717) is 0 Å². The summed E-state index contributed by atoms with van der Waals surface area (Å²) < 4.78 is 2.02. The molecule has 0 radical (unpaired) electrons. The minimum absolute atomic E-state index is 0.256. The summed E-state index contributed by atoms with van der Waals surface area (Å²) >= 11 is 6.38. The Bertz CT molecular complexity index is 456. The highest BCUT2D eigenvalue weighted by Crippen LogP contribution is 2.57. The second-order valence-corrected chi connectivity index (χ2v) is 6.60. The molecule has 3 unspecified atom stereocenters. The summed E-state index contributed by atoms with van der Waals surface area (Å²) in [5, 5.41) is 5.30. The molecule has 3 atom stereocenters. The van der Waals surface area contributed by atoms with Crippen LogP contribution >= 0.6 is 11.6 Å². The molecule has 19 heavy (non-hydrogen) atoms. The number of hydrogen-bond donors (Lipinski definition) is 1. The predicted octanol–water partition coefficient (Wildman–Crippen LogP) is 3.17. The maximum atomic E-state index is 6.47. The van der Waals surface area contributed by atoms with Crippen molar-refractivity contribution in [3.05, 3.63) is 16.4 Å². The Morgan fingerprint density at radius 1 is 1.37 bits per heavy atom. The molecule has 1 aromatic heterocycles. The fourth-order valence-corrected chi connectivity index (χ4v) is 4.32. The molecule has 3 rings (SSSR count). The molecule has 2 aliphatic carbocycles. The van der Waals surface area contributed by atoms with Crippen LogP contribution in [0.1, 0.15) is 44.0 Å². The lowest BCUT2D eigenvalue weighted by atomic mass is 10.0. The third-order valence-corrected chi connectivity index (χ3v) is 5.59. The Morgan fingerprint density at radius 2 is 2.00 bits per heavy atom. The predicted molar refractivity (Wildman–Crippen MR) is 78.3 cm³/mol. The lowest BCUT2D eigenvalue weighted by molar-refractivity contribution is 0.480. The van der Waals surface area contributed by atoms with E-state index < -0.39 is 0 Å². The summed E-state index contributed by atoms with van der Waals surface area (Å²) in [5.74, 6) is 2.54. The average molecular weight is 282 g/mol. The summed E-state index contributed by atoms with van der Waals surface area (Å²) in [6.45, 7) is 4.95. The normalized spacial score (nSPS) is 31.1. The van der Waals surface area contributed by atoms with Crippen LogP contribution in [-0.2, 0) is 13.0 Å². The van der Waals surface area contributed by atoms with E-state index in [1.807, 2.05) is 11.6 Å². The molecule has 2 saturated carbocycles. The summed E-state index contributed by atoms with van der Waals surface area (Å²) in [6.07, 6.45) is 6.46. The molecule has 0 aromatic carbocycles. The second-order valence-electron chi connectivity index (χ2n) is 6.22. The first-order valence-corrected chi connectivity index (χ1v) is 7.98. The number of hydrogen-bond acceptors (Lipinski definition) is 2. The van der Waals surface area contributed by atoms with Crippen molar-refractivity contribution in [2.45, 2.75) is 58.5 Å². The van der Waals surface area contributed by atoms with Gasteiger partial charge in [-0.2, -0.15) is 5.10 Å². The number of nitrogens with two attached hydrogens (primary N) is 1. The van der Waals surface area contributed by atoms with Gasteiger partial charge in [-0.1, -0.05) is 24.4 Å². The molecule has 1 heterocycles. The standard InChI is InChI=1S/C15H24ClN3/c1-3-19-13(15(16)9(2)18-19)8-12(17)14-10-6-4-5-7-11(10)14/h10-12,14H,3-8,17H2,1-2H3. The zero-order valence-corrected chi connectivity index (χ0v) is 12.7. The van der Waals surface area contributed by atoms with Crippen molar-refractivity contribution in [3.63, 3.8) is 0 Å². The number of aromatic nitrogens is 2. The van der Waals surface area contributed by atoms with Gasteiger partial charge in [0, 0.05) is 19.0 Å². The molecule has 4 heteroatoms. The first-order chi connectivity index (χ1) is 9.13. The molecule has 0 bridgehead atoms. The molecule has 2 fully saturated rings. The van der Waals surface area contributed by atoms with Crippen molar-refractivity contribution < 1.29 is 0 Å². The van der Waals surface area contributed by atoms with Crippen molar-refractivity contribution in [3.8, 4) is 0 Å². The van der Waals surface area contributed by atoms with E-state index in [4.69, 9.17) is 17.3 Å². The summed E-state index contributed by atoms with van der Waals surface area (Å²) in [5.41, 5.74) is 8.54. The third kappa shape index (κ3) is 2.31. The minimum atomic E-state index is 0.256. The molecule has 1 aromatic rings. The summed E-state index contributed by atoms with van der Waals surface area (Å²) in [6, 6.07) is 0.256. The topological polar surface area (TPSA) is 43.8 Å². The highest BCUT2D eigenvalue weighted by atomic mass is 35.5. The van der Waals surface area contributed by atoms with Gasteiger partial charge < -0.3 is 5.73 Å². The van der Waals surface area contributed by atoms with Crippen LogP contribution in [0.2, 0.25) is 5.02 Å². The Labute approximate surface area is 120 Å². The lowest BCUT2D eigenvalue weighted by Gasteiger charge is -2.13. The largest absolute Gasteiger partial charge is 0.327 e. The molecular formula is C15H24ClN3. The molecule has 0 spiro atoms. The van der Waals surface area contributed by atoms with Crippen LogP contribution in [0.3, 0.4) is 0 Å². The fraction of sp³-hybridized carbons (Fsp3) is 0.800. The van der Waals surface area contributed by atoms with Crippen molar-refractivity contribution >= 4 is 11.6 Å². The first-order valence-electron chi connectivity index (χ1n) is 7.60. The number of rotatable bonds is 4. The van der Waals surface area contributed by atoms with E-state index in [9.17, 15) is 0 Å². The van der Waals surface area contributed by atoms with Crippen LogP contribution in [0.5, 0.6) is 0 Å². The van der Waals surface area contributed by atoms with Gasteiger partial charge in [-0.3, -0.25) is 4.68 Å². The quantitative estimate of drug-likeness (QED) is 0.921. The van der Waals surface area contributed by atoms with Crippen LogP contribution in [-0.4, -0.2) is 15.8 Å². The van der Waals surface area contributed by atoms with Gasteiger partial charge in [0.15, 0.2) is 0 Å². The van der Waals surface area contributed by atoms with Gasteiger partial charge in [0.2, 0.25) is 0 Å². The average Bonchev–Trinajstić information content (AvgIpc) is 3.09. The van der Waals surface area contributed by atoms with E-state index in [-0.39, 0.29) is 6.04 Å². The van der Waals surface area contributed by atoms with Crippen LogP contribution in [0.15, 0.2) is 0 Å². The van der Waals surface area contributed by atoms with Gasteiger partial charge >= 0.3 is 0 Å². The molecule has 106 valence electrons. The molecule has 0 saturated heterocycles. The Morgan fingerprint density at radius 3 is 2.58 bits per heavy atom. The Hall–Kier alpha value is -0.540. The van der Waals surface area contributed by atoms with Crippen LogP contribution < -0.4 is 5.73 Å². The summed E-state index contributed by atoms with van der Waals surface area (Å²) in [7, 11) is 0. The molecule has 2 aliphatic rings. The number of aryl methyl sites for hydroxylation is 2. The molecule has 0 aliphatic heterocycles. The van der Waals surface area contributed by atoms with Crippen molar-refractivity contribution in [1.29, 1.82) is 0 Å². The van der Waals surface area contributed by atoms with E-state index in [0.717, 1.165) is 47.1 Å². The van der Waals surface area contributed by atoms with Gasteiger partial charge in [-0.05, 0) is 44.4 Å². The smallest absolute Gasteiger partial charge is 0.0847 e. The van der Waals surface area contributed by atoms with E-state index in [1.54, 1.807) is 0 Å². The van der Waals surface area contributed by atoms with Crippen molar-refractivity contribution in [1.82, 2.24) is 9.78 Å². The second kappa shape index (κ2) is 5.10. The monoisotopic (exact) mass is 281 g/mol. The number of nitrogens with zero attached hydrogens (tertiary/aromatic N) is 2. The van der Waals surface area contributed by atoms with E-state index >= 15 is 0 Å². The van der Waals surface area contributed by atoms with Gasteiger partial charge in [-0.25, -0.2) is 0 Å². The molecular weight excluding hydrogens is 258 g/mol. The maximum absolute atomic E-state index is 6.47. The summed E-state index contributed by atoms with van der Waals surface area (Å²) in [4.78, 5) is 0. The van der Waals surface area contributed by atoms with Crippen LogP contribution in [0.4, 0.5) is 0 Å². The minimum Gasteiger partial charge on any atom is -0.327 e. The fourth-order valence-electron chi connectivity index (χ4n) is 4.11. The number of halogens is 1. The SMILES string of the molecule is CCn1nc(C)c(Cl)c1CC(N)C1C2CCCCC21. The van der Waals surface area contributed by atoms with Crippen LogP contribution in [0, 0.1) is 24.7 Å². The van der Waals surface area contributed by atoms with E-state index in [2.05, 4.69) is 12.0 Å². The van der Waals surface area contributed by atoms with Gasteiger partial charge in [0.1, 0.15) is 0 Å². The molecule has 0 amide bonds. The highest BCUT2D eigenvalue weighted by molar-refractivity contribution is 6.31. The zero-order valence-electron chi connectivity index (χ0n) is 11.9. The zero-order chi connectivity index (χ0) is 13.6. The Balaban J connectivity index is 1.71. The van der Waals surface area contributed by atoms with Gasteiger partial charge in [-0.15, -0.1) is 0 Å². The van der Waals surface area contributed by atoms with Gasteiger partial charge in [0.25, 0.3) is 0 Å². The third-order valence-electron chi connectivity index (χ3n) is 5.10. The maximum Gasteiger partial charge on any atom is 0.0847 e. The van der Waals surface area contributed by atoms with E-state index in [1.165, 1.54) is 25.7 Å². The molecule has 3 nitrogen and oxygen atoms in total.